The Morgan fingerprint density at radius 3 is 2.39 bits per heavy atom. The summed E-state index contributed by atoms with van der Waals surface area (Å²) in [4.78, 5) is 24.7. The lowest BCUT2D eigenvalue weighted by Crippen LogP contribution is -2.13. The van der Waals surface area contributed by atoms with Crippen LogP contribution in [0.4, 0.5) is 11.4 Å². The van der Waals surface area contributed by atoms with Crippen LogP contribution in [-0.4, -0.2) is 18.9 Å². The highest BCUT2D eigenvalue weighted by atomic mass is 35.5. The minimum absolute atomic E-state index is 0.197. The van der Waals surface area contributed by atoms with E-state index >= 15 is 0 Å². The van der Waals surface area contributed by atoms with Crippen LogP contribution in [0, 0.1) is 6.92 Å². The van der Waals surface area contributed by atoms with Crippen molar-refractivity contribution < 1.29 is 14.3 Å². The number of methoxy groups -OCH3 is 1. The molecule has 0 radical (unpaired) electrons. The largest absolute Gasteiger partial charge is 0.495 e. The Bertz CT molecular complexity index is 1150. The van der Waals surface area contributed by atoms with Crippen molar-refractivity contribution in [3.63, 3.8) is 0 Å². The van der Waals surface area contributed by atoms with E-state index in [2.05, 4.69) is 10.6 Å². The first-order valence-electron chi connectivity index (χ1n) is 9.36. The molecule has 31 heavy (non-hydrogen) atoms. The Morgan fingerprint density at radius 1 is 0.968 bits per heavy atom. The second kappa shape index (κ2) is 10.2. The Labute approximate surface area is 190 Å². The molecule has 0 aliphatic carbocycles. The van der Waals surface area contributed by atoms with Gasteiger partial charge in [-0.1, -0.05) is 41.4 Å². The standard InChI is InChI=1S/C24H20Cl2N2O3/c1-15-12-19(9-10-21(15)28-24(30)16-6-4-3-5-7-16)27-22(29)11-8-17-13-18(25)14-20(26)23(17)31-2/h3-14H,1-2H3,(H,27,29)(H,28,30)/b11-8+. The van der Waals surface area contributed by atoms with Crippen molar-refractivity contribution in [1.29, 1.82) is 0 Å². The highest BCUT2D eigenvalue weighted by Crippen LogP contribution is 2.33. The van der Waals surface area contributed by atoms with Gasteiger partial charge in [0.1, 0.15) is 5.75 Å². The molecule has 5 nitrogen and oxygen atoms in total. The van der Waals surface area contributed by atoms with Crippen molar-refractivity contribution in [2.24, 2.45) is 0 Å². The lowest BCUT2D eigenvalue weighted by Gasteiger charge is -2.11. The lowest BCUT2D eigenvalue weighted by atomic mass is 10.1. The highest BCUT2D eigenvalue weighted by Gasteiger charge is 2.10. The van der Waals surface area contributed by atoms with Gasteiger partial charge in [-0.25, -0.2) is 0 Å². The molecule has 158 valence electrons. The number of rotatable bonds is 6. The third-order valence-electron chi connectivity index (χ3n) is 4.43. The summed E-state index contributed by atoms with van der Waals surface area (Å²) < 4.78 is 5.27. The smallest absolute Gasteiger partial charge is 0.255 e. The summed E-state index contributed by atoms with van der Waals surface area (Å²) in [5, 5.41) is 6.46. The first kappa shape index (κ1) is 22.4. The maximum atomic E-state index is 12.3. The fraction of sp³-hybridized carbons (Fsp3) is 0.0833. The van der Waals surface area contributed by atoms with E-state index in [1.165, 1.54) is 13.2 Å². The summed E-state index contributed by atoms with van der Waals surface area (Å²) in [7, 11) is 1.49. The van der Waals surface area contributed by atoms with Crippen LogP contribution in [0.3, 0.4) is 0 Å². The van der Waals surface area contributed by atoms with Gasteiger partial charge in [0.15, 0.2) is 0 Å². The number of hydrogen-bond acceptors (Lipinski definition) is 3. The van der Waals surface area contributed by atoms with Gasteiger partial charge in [0.25, 0.3) is 5.91 Å². The van der Waals surface area contributed by atoms with Crippen LogP contribution in [0.2, 0.25) is 10.0 Å². The van der Waals surface area contributed by atoms with E-state index < -0.39 is 0 Å². The number of amides is 2. The van der Waals surface area contributed by atoms with Gasteiger partial charge < -0.3 is 15.4 Å². The molecule has 0 heterocycles. The van der Waals surface area contributed by atoms with Crippen LogP contribution in [-0.2, 0) is 4.79 Å². The Kier molecular flexibility index (Phi) is 7.34. The molecular weight excluding hydrogens is 435 g/mol. The Morgan fingerprint density at radius 2 is 1.71 bits per heavy atom. The number of hydrogen-bond donors (Lipinski definition) is 2. The minimum atomic E-state index is -0.335. The van der Waals surface area contributed by atoms with E-state index in [0.717, 1.165) is 5.56 Å². The number of ether oxygens (including phenoxy) is 1. The molecule has 0 aliphatic rings. The van der Waals surface area contributed by atoms with Gasteiger partial charge in [0.2, 0.25) is 5.91 Å². The maximum Gasteiger partial charge on any atom is 0.255 e. The molecule has 3 rings (SSSR count). The van der Waals surface area contributed by atoms with Crippen molar-refractivity contribution in [2.45, 2.75) is 6.92 Å². The predicted octanol–water partition coefficient (Wildman–Crippen LogP) is 6.21. The quantitative estimate of drug-likeness (QED) is 0.434. The maximum absolute atomic E-state index is 12.3. The Balaban J connectivity index is 1.68. The van der Waals surface area contributed by atoms with Crippen LogP contribution in [0.25, 0.3) is 6.08 Å². The second-order valence-corrected chi connectivity index (χ2v) is 7.53. The average Bonchev–Trinajstić information content (AvgIpc) is 2.74. The molecule has 0 saturated carbocycles. The molecule has 0 atom stereocenters. The first-order valence-corrected chi connectivity index (χ1v) is 10.1. The summed E-state index contributed by atoms with van der Waals surface area (Å²) in [6, 6.07) is 17.4. The zero-order chi connectivity index (χ0) is 22.4. The molecule has 0 unspecified atom stereocenters. The summed E-state index contributed by atoms with van der Waals surface area (Å²) in [5.41, 5.74) is 3.24. The van der Waals surface area contributed by atoms with Crippen molar-refractivity contribution in [3.8, 4) is 5.75 Å². The third kappa shape index (κ3) is 5.87. The normalized spacial score (nSPS) is 10.7. The summed E-state index contributed by atoms with van der Waals surface area (Å²) in [6.45, 7) is 1.85. The minimum Gasteiger partial charge on any atom is -0.495 e. The van der Waals surface area contributed by atoms with Gasteiger partial charge in [-0.2, -0.15) is 0 Å². The fourth-order valence-electron chi connectivity index (χ4n) is 2.93. The number of carbonyl (C=O) groups excluding carboxylic acids is 2. The van der Waals surface area contributed by atoms with E-state index in [1.807, 2.05) is 13.0 Å². The topological polar surface area (TPSA) is 67.4 Å². The van der Waals surface area contributed by atoms with Crippen molar-refractivity contribution in [3.05, 3.63) is 93.5 Å². The van der Waals surface area contributed by atoms with Gasteiger partial charge >= 0.3 is 0 Å². The monoisotopic (exact) mass is 454 g/mol. The first-order chi connectivity index (χ1) is 14.9. The summed E-state index contributed by atoms with van der Waals surface area (Å²) in [6.07, 6.45) is 2.94. The van der Waals surface area contributed by atoms with Crippen molar-refractivity contribution in [2.75, 3.05) is 17.7 Å². The van der Waals surface area contributed by atoms with E-state index in [9.17, 15) is 9.59 Å². The number of benzene rings is 3. The van der Waals surface area contributed by atoms with Crippen LogP contribution in [0.15, 0.2) is 66.7 Å². The molecule has 0 bridgehead atoms. The zero-order valence-corrected chi connectivity index (χ0v) is 18.4. The van der Waals surface area contributed by atoms with Crippen LogP contribution in [0.1, 0.15) is 21.5 Å². The SMILES string of the molecule is COc1c(Cl)cc(Cl)cc1/C=C/C(=O)Nc1ccc(NC(=O)c2ccccc2)c(C)c1. The molecule has 3 aromatic carbocycles. The van der Waals surface area contributed by atoms with E-state index in [1.54, 1.807) is 60.7 Å². The van der Waals surface area contributed by atoms with Crippen LogP contribution < -0.4 is 15.4 Å². The number of nitrogens with one attached hydrogen (secondary N) is 2. The molecule has 0 saturated heterocycles. The lowest BCUT2D eigenvalue weighted by molar-refractivity contribution is -0.111. The number of halogens is 2. The van der Waals surface area contributed by atoms with Crippen LogP contribution in [0.5, 0.6) is 5.75 Å². The van der Waals surface area contributed by atoms with Crippen molar-refractivity contribution in [1.82, 2.24) is 0 Å². The van der Waals surface area contributed by atoms with Gasteiger partial charge in [-0.15, -0.1) is 0 Å². The molecular formula is C24H20Cl2N2O3. The van der Waals surface area contributed by atoms with Gasteiger partial charge in [-0.05, 0) is 61.0 Å². The van der Waals surface area contributed by atoms with E-state index in [0.29, 0.717) is 38.3 Å². The van der Waals surface area contributed by atoms with Crippen LogP contribution >= 0.6 is 23.2 Å². The Hall–Kier alpha value is -3.28. The van der Waals surface area contributed by atoms with Gasteiger partial charge in [0.05, 0.1) is 12.1 Å². The molecule has 0 spiro atoms. The van der Waals surface area contributed by atoms with E-state index in [-0.39, 0.29) is 11.8 Å². The molecule has 2 amide bonds. The predicted molar refractivity (Wildman–Crippen MR) is 126 cm³/mol. The van der Waals surface area contributed by atoms with Gasteiger partial charge in [0, 0.05) is 33.6 Å². The zero-order valence-electron chi connectivity index (χ0n) is 16.9. The molecule has 0 aromatic heterocycles. The molecule has 2 N–H and O–H groups in total. The number of anilines is 2. The van der Waals surface area contributed by atoms with Gasteiger partial charge in [-0.3, -0.25) is 9.59 Å². The number of aryl methyl sites for hydroxylation is 1. The molecule has 0 fully saturated rings. The fourth-order valence-corrected chi connectivity index (χ4v) is 3.52. The summed E-state index contributed by atoms with van der Waals surface area (Å²) in [5.74, 6) is -0.0966. The molecule has 0 aliphatic heterocycles. The summed E-state index contributed by atoms with van der Waals surface area (Å²) >= 11 is 12.1. The second-order valence-electron chi connectivity index (χ2n) is 6.68. The third-order valence-corrected chi connectivity index (χ3v) is 4.93. The number of carbonyl (C=O) groups is 2. The molecule has 3 aromatic rings. The van der Waals surface area contributed by atoms with E-state index in [4.69, 9.17) is 27.9 Å². The highest BCUT2D eigenvalue weighted by molar-refractivity contribution is 6.36. The van der Waals surface area contributed by atoms with Crippen molar-refractivity contribution >= 4 is 52.5 Å². The molecule has 7 heteroatoms. The average molecular weight is 455 g/mol.